The number of ether oxygens (including phenoxy) is 2. The van der Waals surface area contributed by atoms with Gasteiger partial charge in [-0.3, -0.25) is 4.79 Å². The van der Waals surface area contributed by atoms with Gasteiger partial charge in [0.05, 0.1) is 0 Å². The van der Waals surface area contributed by atoms with Gasteiger partial charge >= 0.3 is 11.9 Å². The Morgan fingerprint density at radius 2 is 1.61 bits per heavy atom. The highest BCUT2D eigenvalue weighted by molar-refractivity contribution is 5.93. The summed E-state index contributed by atoms with van der Waals surface area (Å²) in [7, 11) is 0. The van der Waals surface area contributed by atoms with E-state index in [0.29, 0.717) is 41.6 Å². The van der Waals surface area contributed by atoms with Crippen molar-refractivity contribution < 1.29 is 19.1 Å². The molecule has 0 N–H and O–H groups in total. The second kappa shape index (κ2) is 5.59. The maximum absolute atomic E-state index is 13.7. The van der Waals surface area contributed by atoms with Gasteiger partial charge in [0, 0.05) is 36.2 Å². The summed E-state index contributed by atoms with van der Waals surface area (Å²) in [6, 6.07) is 0. The molecule has 168 valence electrons. The van der Waals surface area contributed by atoms with Crippen LogP contribution < -0.4 is 0 Å². The van der Waals surface area contributed by atoms with E-state index in [0.717, 1.165) is 17.8 Å². The van der Waals surface area contributed by atoms with Crippen molar-refractivity contribution >= 4 is 11.9 Å². The molecule has 0 radical (unpaired) electrons. The summed E-state index contributed by atoms with van der Waals surface area (Å²) in [5.41, 5.74) is -0.488. The van der Waals surface area contributed by atoms with Gasteiger partial charge in [-0.05, 0) is 81.5 Å². The fourth-order valence-electron chi connectivity index (χ4n) is 9.89. The van der Waals surface area contributed by atoms with E-state index in [1.54, 1.807) is 6.92 Å². The highest BCUT2D eigenvalue weighted by Gasteiger charge is 2.92. The highest BCUT2D eigenvalue weighted by atomic mass is 16.6. The molecule has 8 fully saturated rings. The van der Waals surface area contributed by atoms with Crippen molar-refractivity contribution in [3.63, 3.8) is 0 Å². The summed E-state index contributed by atoms with van der Waals surface area (Å²) >= 11 is 0. The largest absolute Gasteiger partial charge is 0.458 e. The molecular formula is C27H36O4. The Labute approximate surface area is 185 Å². The Morgan fingerprint density at radius 1 is 0.903 bits per heavy atom. The third-order valence-electron chi connectivity index (χ3n) is 11.2. The van der Waals surface area contributed by atoms with Crippen LogP contribution in [0, 0.1) is 46.3 Å². The van der Waals surface area contributed by atoms with Crippen LogP contribution in [0.25, 0.3) is 0 Å². The summed E-state index contributed by atoms with van der Waals surface area (Å²) in [5.74, 6) is 3.69. The Morgan fingerprint density at radius 3 is 2.16 bits per heavy atom. The zero-order chi connectivity index (χ0) is 21.4. The minimum Gasteiger partial charge on any atom is -0.458 e. The lowest BCUT2D eigenvalue weighted by Crippen LogP contribution is -2.66. The van der Waals surface area contributed by atoms with Gasteiger partial charge in [-0.25, -0.2) is 4.79 Å². The molecule has 4 nitrogen and oxygen atoms in total. The standard InChI is InChI=1S/C27H36O4/c1-15(2)22(28)30-26-13-25(26,14-26)23(29)31-27(21-9-16-4-5-18(21)6-16)19-7-17-8-20(27)12-24(3,10-17)11-19/h16-21H,1,4-14H2,2-3H3. The Kier molecular flexibility index (Phi) is 3.46. The zero-order valence-electron chi connectivity index (χ0n) is 19.1. The molecular weight excluding hydrogens is 388 g/mol. The van der Waals surface area contributed by atoms with Crippen LogP contribution in [0.15, 0.2) is 12.2 Å². The van der Waals surface area contributed by atoms with Crippen LogP contribution in [0.4, 0.5) is 0 Å². The van der Waals surface area contributed by atoms with Crippen molar-refractivity contribution in [2.45, 2.75) is 95.7 Å². The van der Waals surface area contributed by atoms with Crippen molar-refractivity contribution in [2.24, 2.45) is 46.3 Å². The van der Waals surface area contributed by atoms with Crippen LogP contribution in [-0.4, -0.2) is 23.1 Å². The molecule has 0 aromatic heterocycles. The Hall–Kier alpha value is -1.32. The van der Waals surface area contributed by atoms with Gasteiger partial charge < -0.3 is 9.47 Å². The quantitative estimate of drug-likeness (QED) is 0.449. The van der Waals surface area contributed by atoms with Crippen molar-refractivity contribution in [1.29, 1.82) is 0 Å². The molecule has 8 rings (SSSR count). The summed E-state index contributed by atoms with van der Waals surface area (Å²) in [6.45, 7) is 7.86. The third-order valence-corrected chi connectivity index (χ3v) is 11.2. The molecule has 0 spiro atoms. The highest BCUT2D eigenvalue weighted by Crippen LogP contribution is 2.82. The first-order chi connectivity index (χ1) is 14.7. The smallest absolute Gasteiger partial charge is 0.333 e. The molecule has 5 unspecified atom stereocenters. The van der Waals surface area contributed by atoms with Crippen LogP contribution in [0.2, 0.25) is 0 Å². The van der Waals surface area contributed by atoms with Gasteiger partial charge in [0.25, 0.3) is 0 Å². The molecule has 0 amide bonds. The average Bonchev–Trinajstić information content (AvgIpc) is 3.29. The number of esters is 2. The van der Waals surface area contributed by atoms with Crippen LogP contribution in [-0.2, 0) is 19.1 Å². The van der Waals surface area contributed by atoms with Crippen molar-refractivity contribution in [1.82, 2.24) is 0 Å². The van der Waals surface area contributed by atoms with Crippen LogP contribution in [0.5, 0.6) is 0 Å². The van der Waals surface area contributed by atoms with Crippen LogP contribution in [0.3, 0.4) is 0 Å². The molecule has 8 aliphatic rings. The fraction of sp³-hybridized carbons (Fsp3) is 0.852. The SMILES string of the molecule is C=C(C)C(=O)OC12CC1(C(=O)OC1(C3CC4CCC3C4)C3CC4CC1CC(C)(C4)C3)C2. The minimum absolute atomic E-state index is 0.0394. The molecule has 0 heterocycles. The molecule has 6 bridgehead atoms. The molecule has 0 aromatic rings. The number of carbonyl (C=O) groups is 2. The van der Waals surface area contributed by atoms with Gasteiger partial charge in [0.2, 0.25) is 0 Å². The van der Waals surface area contributed by atoms with E-state index in [1.807, 2.05) is 0 Å². The van der Waals surface area contributed by atoms with E-state index in [1.165, 1.54) is 57.8 Å². The molecule has 0 aliphatic heterocycles. The molecule has 8 saturated carbocycles. The maximum Gasteiger partial charge on any atom is 0.333 e. The molecule has 0 saturated heterocycles. The van der Waals surface area contributed by atoms with E-state index in [9.17, 15) is 9.59 Å². The van der Waals surface area contributed by atoms with Gasteiger partial charge in [0.15, 0.2) is 0 Å². The summed E-state index contributed by atoms with van der Waals surface area (Å²) in [5, 5.41) is 0. The monoisotopic (exact) mass is 424 g/mol. The summed E-state index contributed by atoms with van der Waals surface area (Å²) < 4.78 is 12.6. The normalized spacial score (nSPS) is 56.8. The predicted molar refractivity (Wildman–Crippen MR) is 115 cm³/mol. The lowest BCUT2D eigenvalue weighted by Gasteiger charge is -2.66. The number of carbonyl (C=O) groups excluding carboxylic acids is 2. The molecule has 0 aromatic carbocycles. The first-order valence-corrected chi connectivity index (χ1v) is 12.8. The van der Waals surface area contributed by atoms with Crippen LogP contribution >= 0.6 is 0 Å². The number of hydrogen-bond donors (Lipinski definition) is 0. The topological polar surface area (TPSA) is 52.6 Å². The summed E-state index contributed by atoms with van der Waals surface area (Å²) in [4.78, 5) is 25.8. The Bertz CT molecular complexity index is 879. The van der Waals surface area contributed by atoms with Crippen molar-refractivity contribution in [2.75, 3.05) is 0 Å². The molecule has 8 aliphatic carbocycles. The minimum atomic E-state index is -0.576. The van der Waals surface area contributed by atoms with Gasteiger partial charge in [-0.15, -0.1) is 0 Å². The van der Waals surface area contributed by atoms with Gasteiger partial charge in [-0.2, -0.15) is 0 Å². The third kappa shape index (κ3) is 2.33. The van der Waals surface area contributed by atoms with E-state index >= 15 is 0 Å². The predicted octanol–water partition coefficient (Wildman–Crippen LogP) is 5.20. The Balaban J connectivity index is 1.19. The van der Waals surface area contributed by atoms with E-state index in [2.05, 4.69) is 13.5 Å². The van der Waals surface area contributed by atoms with Crippen molar-refractivity contribution in [3.8, 4) is 0 Å². The maximum atomic E-state index is 13.7. The number of fused-ring (bicyclic) bond motifs is 3. The molecule has 4 heteroatoms. The van der Waals surface area contributed by atoms with E-state index in [-0.39, 0.29) is 17.5 Å². The second-order valence-electron chi connectivity index (χ2n) is 13.3. The second-order valence-corrected chi connectivity index (χ2v) is 13.3. The average molecular weight is 425 g/mol. The molecule has 5 atom stereocenters. The summed E-state index contributed by atoms with van der Waals surface area (Å²) in [6.07, 6.45) is 13.0. The van der Waals surface area contributed by atoms with E-state index < -0.39 is 11.0 Å². The van der Waals surface area contributed by atoms with E-state index in [4.69, 9.17) is 9.47 Å². The molecule has 31 heavy (non-hydrogen) atoms. The zero-order valence-corrected chi connectivity index (χ0v) is 19.1. The van der Waals surface area contributed by atoms with Gasteiger partial charge in [-0.1, -0.05) is 19.9 Å². The lowest BCUT2D eigenvalue weighted by molar-refractivity contribution is -0.250. The fourth-order valence-corrected chi connectivity index (χ4v) is 9.89. The number of rotatable bonds is 5. The number of hydrogen-bond acceptors (Lipinski definition) is 4. The van der Waals surface area contributed by atoms with Gasteiger partial charge in [0.1, 0.15) is 16.6 Å². The van der Waals surface area contributed by atoms with Crippen LogP contribution in [0.1, 0.15) is 84.5 Å². The lowest BCUT2D eigenvalue weighted by atomic mass is 9.42. The first kappa shape index (κ1) is 19.2. The van der Waals surface area contributed by atoms with Crippen molar-refractivity contribution in [3.05, 3.63) is 12.2 Å². The first-order valence-electron chi connectivity index (χ1n) is 12.8.